The molecule has 1 fully saturated rings. The number of hydrogen-bond donors (Lipinski definition) is 0. The Balaban J connectivity index is 1.84. The maximum Gasteiger partial charge on any atom is 0.269 e. The minimum atomic E-state index is -0.422. The Morgan fingerprint density at radius 2 is 1.35 bits per heavy atom. The third-order valence-electron chi connectivity index (χ3n) is 3.90. The molecule has 7 heteroatoms. The lowest BCUT2D eigenvalue weighted by molar-refractivity contribution is -0.385. The summed E-state index contributed by atoms with van der Waals surface area (Å²) in [5.74, 6) is 0. The SMILES string of the molecule is O=[N+]([O-])c1ccc([C]2CCCN2c2ccc([N+](=O)[O-])cc2)cc1. The van der Waals surface area contributed by atoms with Crippen molar-refractivity contribution in [1.29, 1.82) is 0 Å². The van der Waals surface area contributed by atoms with Crippen molar-refractivity contribution in [3.8, 4) is 0 Å². The number of benzene rings is 2. The Morgan fingerprint density at radius 1 is 0.826 bits per heavy atom. The van der Waals surface area contributed by atoms with Gasteiger partial charge in [-0.05, 0) is 42.7 Å². The summed E-state index contributed by atoms with van der Waals surface area (Å²) in [6.45, 7) is 0.824. The van der Waals surface area contributed by atoms with Crippen LogP contribution in [-0.2, 0) is 0 Å². The smallest absolute Gasteiger partial charge is 0.269 e. The first-order valence-corrected chi connectivity index (χ1v) is 7.19. The monoisotopic (exact) mass is 312 g/mol. The maximum atomic E-state index is 10.7. The lowest BCUT2D eigenvalue weighted by atomic mass is 10.0. The first-order valence-electron chi connectivity index (χ1n) is 7.19. The summed E-state index contributed by atoms with van der Waals surface area (Å²) in [6.07, 6.45) is 1.85. The quantitative estimate of drug-likeness (QED) is 0.634. The van der Waals surface area contributed by atoms with Gasteiger partial charge in [0.1, 0.15) is 0 Å². The molecule has 0 amide bonds. The molecule has 117 valence electrons. The molecule has 0 spiro atoms. The predicted octanol–water partition coefficient (Wildman–Crippen LogP) is 3.68. The van der Waals surface area contributed by atoms with Crippen LogP contribution in [0.1, 0.15) is 18.4 Å². The molecule has 23 heavy (non-hydrogen) atoms. The first-order chi connectivity index (χ1) is 11.1. The molecule has 2 aromatic rings. The fourth-order valence-corrected chi connectivity index (χ4v) is 2.79. The maximum absolute atomic E-state index is 10.7. The molecular weight excluding hydrogens is 298 g/mol. The van der Waals surface area contributed by atoms with E-state index in [2.05, 4.69) is 4.90 Å². The molecule has 0 aromatic heterocycles. The van der Waals surface area contributed by atoms with Crippen molar-refractivity contribution in [2.75, 3.05) is 11.4 Å². The normalized spacial score (nSPS) is 14.9. The summed E-state index contributed by atoms with van der Waals surface area (Å²) in [4.78, 5) is 22.7. The van der Waals surface area contributed by atoms with Crippen LogP contribution < -0.4 is 4.90 Å². The number of nitro benzene ring substituents is 2. The molecule has 7 nitrogen and oxygen atoms in total. The van der Waals surface area contributed by atoms with Crippen molar-refractivity contribution in [3.05, 3.63) is 80.4 Å². The Morgan fingerprint density at radius 3 is 1.87 bits per heavy atom. The van der Waals surface area contributed by atoms with Gasteiger partial charge in [0.05, 0.1) is 15.9 Å². The van der Waals surface area contributed by atoms with Crippen LogP contribution in [0.3, 0.4) is 0 Å². The van der Waals surface area contributed by atoms with E-state index in [1.807, 2.05) is 0 Å². The summed E-state index contributed by atoms with van der Waals surface area (Å²) in [7, 11) is 0. The van der Waals surface area contributed by atoms with E-state index < -0.39 is 9.85 Å². The highest BCUT2D eigenvalue weighted by Gasteiger charge is 2.28. The van der Waals surface area contributed by atoms with Crippen LogP contribution in [0.25, 0.3) is 0 Å². The third kappa shape index (κ3) is 2.98. The number of anilines is 1. The van der Waals surface area contributed by atoms with Crippen LogP contribution in [0, 0.1) is 26.3 Å². The van der Waals surface area contributed by atoms with E-state index in [1.54, 1.807) is 24.3 Å². The van der Waals surface area contributed by atoms with Crippen LogP contribution in [0.2, 0.25) is 0 Å². The van der Waals surface area contributed by atoms with E-state index in [0.29, 0.717) is 0 Å². The van der Waals surface area contributed by atoms with Crippen molar-refractivity contribution in [2.45, 2.75) is 12.8 Å². The zero-order valence-electron chi connectivity index (χ0n) is 12.2. The first kappa shape index (κ1) is 15.0. The lowest BCUT2D eigenvalue weighted by Crippen LogP contribution is -2.23. The topological polar surface area (TPSA) is 89.5 Å². The van der Waals surface area contributed by atoms with Crippen molar-refractivity contribution >= 4 is 17.1 Å². The minimum absolute atomic E-state index is 0.0600. The largest absolute Gasteiger partial charge is 0.359 e. The van der Waals surface area contributed by atoms with Crippen LogP contribution in [-0.4, -0.2) is 16.4 Å². The van der Waals surface area contributed by atoms with Gasteiger partial charge in [-0.25, -0.2) is 0 Å². The van der Waals surface area contributed by atoms with Gasteiger partial charge in [-0.15, -0.1) is 0 Å². The van der Waals surface area contributed by atoms with Crippen LogP contribution in [0.5, 0.6) is 0 Å². The second-order valence-electron chi connectivity index (χ2n) is 5.28. The highest BCUT2D eigenvalue weighted by molar-refractivity contribution is 5.59. The van der Waals surface area contributed by atoms with E-state index in [0.717, 1.165) is 36.7 Å². The van der Waals surface area contributed by atoms with Gasteiger partial charge in [0.25, 0.3) is 11.4 Å². The predicted molar refractivity (Wildman–Crippen MR) is 85.1 cm³/mol. The van der Waals surface area contributed by atoms with E-state index in [4.69, 9.17) is 0 Å². The van der Waals surface area contributed by atoms with E-state index in [-0.39, 0.29) is 11.4 Å². The van der Waals surface area contributed by atoms with E-state index in [9.17, 15) is 20.2 Å². The van der Waals surface area contributed by atoms with Gasteiger partial charge in [0.15, 0.2) is 0 Å². The number of hydrogen-bond acceptors (Lipinski definition) is 5. The number of non-ortho nitro benzene ring substituents is 2. The molecule has 3 rings (SSSR count). The van der Waals surface area contributed by atoms with E-state index in [1.165, 1.54) is 24.3 Å². The standard InChI is InChI=1S/C16H14N3O4/c20-18(21)14-5-3-12(4-6-14)16-2-1-11-17(16)13-7-9-15(10-8-13)19(22)23/h3-10H,1-2,11H2. The fraction of sp³-hybridized carbons (Fsp3) is 0.188. The molecule has 0 bridgehead atoms. The summed E-state index contributed by atoms with van der Waals surface area (Å²) < 4.78 is 0. The van der Waals surface area contributed by atoms with Gasteiger partial charge in [-0.1, -0.05) is 0 Å². The molecule has 1 saturated heterocycles. The summed E-state index contributed by atoms with van der Waals surface area (Å²) >= 11 is 0. The summed E-state index contributed by atoms with van der Waals surface area (Å²) in [5.41, 5.74) is 1.95. The van der Waals surface area contributed by atoms with Gasteiger partial charge >= 0.3 is 0 Å². The number of nitrogens with zero attached hydrogens (tertiary/aromatic N) is 3. The molecule has 1 heterocycles. The molecule has 1 aliphatic rings. The molecule has 0 unspecified atom stereocenters. The highest BCUT2D eigenvalue weighted by Crippen LogP contribution is 2.36. The van der Waals surface area contributed by atoms with Crippen molar-refractivity contribution in [2.24, 2.45) is 0 Å². The van der Waals surface area contributed by atoms with Gasteiger partial charge in [-0.2, -0.15) is 0 Å². The Hall–Kier alpha value is -2.96. The molecule has 0 N–H and O–H groups in total. The lowest BCUT2D eigenvalue weighted by Gasteiger charge is -2.26. The third-order valence-corrected chi connectivity index (χ3v) is 3.90. The zero-order chi connectivity index (χ0) is 16.4. The molecule has 1 radical (unpaired) electrons. The van der Waals surface area contributed by atoms with Crippen LogP contribution >= 0.6 is 0 Å². The van der Waals surface area contributed by atoms with Gasteiger partial charge in [0, 0.05) is 36.5 Å². The fourth-order valence-electron chi connectivity index (χ4n) is 2.79. The van der Waals surface area contributed by atoms with Crippen LogP contribution in [0.15, 0.2) is 48.5 Å². The molecule has 2 aromatic carbocycles. The zero-order valence-corrected chi connectivity index (χ0v) is 12.2. The van der Waals surface area contributed by atoms with E-state index >= 15 is 0 Å². The van der Waals surface area contributed by atoms with Crippen LogP contribution in [0.4, 0.5) is 17.1 Å². The average Bonchev–Trinajstić information content (AvgIpc) is 3.04. The van der Waals surface area contributed by atoms with Crippen molar-refractivity contribution < 1.29 is 9.85 Å². The second-order valence-corrected chi connectivity index (χ2v) is 5.28. The van der Waals surface area contributed by atoms with Gasteiger partial charge < -0.3 is 4.90 Å². The summed E-state index contributed by atoms with van der Waals surface area (Å²) in [6, 6.07) is 14.0. The average molecular weight is 312 g/mol. The number of rotatable bonds is 4. The minimum Gasteiger partial charge on any atom is -0.359 e. The second kappa shape index (κ2) is 6.04. The number of nitro groups is 2. The van der Waals surface area contributed by atoms with Gasteiger partial charge in [-0.3, -0.25) is 20.2 Å². The molecule has 0 aliphatic carbocycles. The summed E-state index contributed by atoms with van der Waals surface area (Å²) in [5, 5.41) is 21.5. The van der Waals surface area contributed by atoms with Gasteiger partial charge in [0.2, 0.25) is 0 Å². The highest BCUT2D eigenvalue weighted by atomic mass is 16.6. The Labute approximate surface area is 132 Å². The molecule has 0 saturated carbocycles. The van der Waals surface area contributed by atoms with Crippen molar-refractivity contribution in [1.82, 2.24) is 0 Å². The van der Waals surface area contributed by atoms with Crippen molar-refractivity contribution in [3.63, 3.8) is 0 Å². The Kier molecular flexibility index (Phi) is 3.92. The molecule has 1 aliphatic heterocycles. The Bertz CT molecular complexity index is 664. The molecular formula is C16H14N3O4. The molecule has 0 atom stereocenters.